The first kappa shape index (κ1) is 19.5. The van der Waals surface area contributed by atoms with Crippen LogP contribution in [-0.2, 0) is 13.0 Å². The number of aromatic nitrogens is 2. The van der Waals surface area contributed by atoms with Gasteiger partial charge in [0.25, 0.3) is 0 Å². The van der Waals surface area contributed by atoms with E-state index >= 15 is 0 Å². The highest BCUT2D eigenvalue weighted by Gasteiger charge is 2.13. The molecule has 6 nitrogen and oxygen atoms in total. The second-order valence-corrected chi connectivity index (χ2v) is 6.45. The van der Waals surface area contributed by atoms with Crippen LogP contribution in [0.1, 0.15) is 29.2 Å². The van der Waals surface area contributed by atoms with Crippen molar-refractivity contribution >= 4 is 11.8 Å². The maximum absolute atomic E-state index is 6.12. The maximum Gasteiger partial charge on any atom is 0.221 e. The van der Waals surface area contributed by atoms with Crippen molar-refractivity contribution in [2.45, 2.75) is 26.9 Å². The Labute approximate surface area is 165 Å². The summed E-state index contributed by atoms with van der Waals surface area (Å²) in [5, 5.41) is 3.08. The summed E-state index contributed by atoms with van der Waals surface area (Å²) in [6, 6.07) is 14.2. The number of benzene rings is 2. The third kappa shape index (κ3) is 4.71. The van der Waals surface area contributed by atoms with Crippen LogP contribution < -0.4 is 20.5 Å². The number of nitrogens with zero attached hydrogens (tertiary/aromatic N) is 2. The number of hydrogen-bond acceptors (Lipinski definition) is 6. The summed E-state index contributed by atoms with van der Waals surface area (Å²) in [4.78, 5) is 8.38. The van der Waals surface area contributed by atoms with Crippen molar-refractivity contribution in [2.24, 2.45) is 0 Å². The lowest BCUT2D eigenvalue weighted by Gasteiger charge is -2.16. The molecule has 1 aromatic heterocycles. The molecule has 0 fully saturated rings. The lowest BCUT2D eigenvalue weighted by atomic mass is 10.0. The Bertz CT molecular complexity index is 929. The van der Waals surface area contributed by atoms with Crippen molar-refractivity contribution in [3.8, 4) is 11.5 Å². The fourth-order valence-corrected chi connectivity index (χ4v) is 3.00. The van der Waals surface area contributed by atoms with Gasteiger partial charge in [0, 0.05) is 30.8 Å². The molecule has 0 aliphatic heterocycles. The fourth-order valence-electron chi connectivity index (χ4n) is 3.00. The van der Waals surface area contributed by atoms with Crippen molar-refractivity contribution in [3.05, 3.63) is 70.9 Å². The van der Waals surface area contributed by atoms with Gasteiger partial charge in [0.15, 0.2) is 0 Å². The largest absolute Gasteiger partial charge is 0.493 e. The lowest BCUT2D eigenvalue weighted by molar-refractivity contribution is 0.295. The summed E-state index contributed by atoms with van der Waals surface area (Å²) >= 11 is 0. The number of nitrogen functional groups attached to an aromatic ring is 1. The summed E-state index contributed by atoms with van der Waals surface area (Å²) < 4.78 is 12.0. The zero-order chi connectivity index (χ0) is 19.9. The van der Waals surface area contributed by atoms with Crippen LogP contribution in [0.2, 0.25) is 0 Å². The molecule has 0 saturated carbocycles. The minimum Gasteiger partial charge on any atom is -0.493 e. The second-order valence-electron chi connectivity index (χ2n) is 6.45. The molecule has 28 heavy (non-hydrogen) atoms. The Morgan fingerprint density at radius 2 is 1.75 bits per heavy atom. The second kappa shape index (κ2) is 9.08. The maximum atomic E-state index is 6.12. The molecule has 0 saturated heterocycles. The Kier molecular flexibility index (Phi) is 6.32. The molecule has 0 bridgehead atoms. The molecule has 0 aliphatic rings. The highest BCUT2D eigenvalue weighted by atomic mass is 16.5. The zero-order valence-corrected chi connectivity index (χ0v) is 16.5. The molecule has 0 spiro atoms. The summed E-state index contributed by atoms with van der Waals surface area (Å²) in [6.07, 6.45) is 2.39. The number of nitrogens with two attached hydrogens (primary N) is 1. The van der Waals surface area contributed by atoms with Crippen molar-refractivity contribution < 1.29 is 9.47 Å². The molecule has 6 heteroatoms. The molecule has 0 atom stereocenters. The van der Waals surface area contributed by atoms with E-state index in [4.69, 9.17) is 15.2 Å². The predicted octanol–water partition coefficient (Wildman–Crippen LogP) is 3.98. The Balaban J connectivity index is 1.89. The Morgan fingerprint density at radius 1 is 1.04 bits per heavy atom. The molecule has 0 radical (unpaired) electrons. The quantitative estimate of drug-likeness (QED) is 0.617. The molecular formula is C22H26N4O2. The van der Waals surface area contributed by atoms with Gasteiger partial charge in [0.2, 0.25) is 5.95 Å². The minimum atomic E-state index is 0.249. The fraction of sp³-hybridized carbons (Fsp3) is 0.273. The first-order chi connectivity index (χ1) is 13.6. The van der Waals surface area contributed by atoms with Crippen molar-refractivity contribution in [3.63, 3.8) is 0 Å². The molecule has 2 aromatic carbocycles. The van der Waals surface area contributed by atoms with E-state index in [1.54, 1.807) is 6.20 Å². The average Bonchev–Trinajstić information content (AvgIpc) is 2.71. The highest BCUT2D eigenvalue weighted by Crippen LogP contribution is 2.32. The molecule has 146 valence electrons. The number of anilines is 2. The molecule has 0 unspecified atom stereocenters. The van der Waals surface area contributed by atoms with Gasteiger partial charge in [-0.3, -0.25) is 0 Å². The summed E-state index contributed by atoms with van der Waals surface area (Å²) in [5.41, 5.74) is 9.82. The van der Waals surface area contributed by atoms with Gasteiger partial charge in [-0.1, -0.05) is 30.3 Å². The van der Waals surface area contributed by atoms with Gasteiger partial charge in [-0.25, -0.2) is 4.98 Å². The van der Waals surface area contributed by atoms with Crippen molar-refractivity contribution in [1.29, 1.82) is 0 Å². The summed E-state index contributed by atoms with van der Waals surface area (Å²) in [6.45, 7) is 5.09. The van der Waals surface area contributed by atoms with E-state index in [1.807, 2.05) is 57.3 Å². The summed E-state index contributed by atoms with van der Waals surface area (Å²) in [5.74, 6) is 2.61. The standard InChI is InChI=1S/C22H26N4O2/c1-4-27-19-11-17(10-18-13-25-22(23)26-21(18)24-3)12-20(15(19)2)28-14-16-8-6-5-7-9-16/h5-9,11-13H,4,10,14H2,1-3H3,(H3,23,24,25,26). The van der Waals surface area contributed by atoms with E-state index in [-0.39, 0.29) is 5.95 Å². The Hall–Kier alpha value is -3.28. The normalized spacial score (nSPS) is 10.5. The van der Waals surface area contributed by atoms with Crippen molar-refractivity contribution in [1.82, 2.24) is 9.97 Å². The minimum absolute atomic E-state index is 0.249. The first-order valence-electron chi connectivity index (χ1n) is 9.33. The van der Waals surface area contributed by atoms with E-state index < -0.39 is 0 Å². The predicted molar refractivity (Wildman–Crippen MR) is 112 cm³/mol. The first-order valence-corrected chi connectivity index (χ1v) is 9.33. The van der Waals surface area contributed by atoms with E-state index in [0.717, 1.165) is 39.6 Å². The van der Waals surface area contributed by atoms with Gasteiger partial charge < -0.3 is 20.5 Å². The van der Waals surface area contributed by atoms with Gasteiger partial charge >= 0.3 is 0 Å². The molecule has 3 rings (SSSR count). The molecule has 0 aliphatic carbocycles. The topological polar surface area (TPSA) is 82.3 Å². The third-order valence-electron chi connectivity index (χ3n) is 4.42. The van der Waals surface area contributed by atoms with E-state index in [2.05, 4.69) is 21.4 Å². The van der Waals surface area contributed by atoms with Gasteiger partial charge in [0.1, 0.15) is 23.9 Å². The lowest BCUT2D eigenvalue weighted by Crippen LogP contribution is -2.05. The summed E-state index contributed by atoms with van der Waals surface area (Å²) in [7, 11) is 1.82. The van der Waals surface area contributed by atoms with Crippen LogP contribution in [0.4, 0.5) is 11.8 Å². The molecule has 3 aromatic rings. The smallest absolute Gasteiger partial charge is 0.221 e. The van der Waals surface area contributed by atoms with Crippen LogP contribution >= 0.6 is 0 Å². The number of rotatable bonds is 8. The third-order valence-corrected chi connectivity index (χ3v) is 4.42. The number of nitrogens with one attached hydrogen (secondary N) is 1. The highest BCUT2D eigenvalue weighted by molar-refractivity contribution is 5.52. The average molecular weight is 378 g/mol. The molecule has 0 amide bonds. The van der Waals surface area contributed by atoms with E-state index in [9.17, 15) is 0 Å². The number of hydrogen-bond donors (Lipinski definition) is 2. The zero-order valence-electron chi connectivity index (χ0n) is 16.5. The van der Waals surface area contributed by atoms with Gasteiger partial charge in [-0.05, 0) is 37.1 Å². The molecular weight excluding hydrogens is 352 g/mol. The molecule has 1 heterocycles. The monoisotopic (exact) mass is 378 g/mol. The van der Waals surface area contributed by atoms with Gasteiger partial charge in [-0.2, -0.15) is 4.98 Å². The van der Waals surface area contributed by atoms with Crippen LogP contribution in [-0.4, -0.2) is 23.6 Å². The SMILES string of the molecule is CCOc1cc(Cc2cnc(N)nc2NC)cc(OCc2ccccc2)c1C. The van der Waals surface area contributed by atoms with Crippen LogP contribution in [0, 0.1) is 6.92 Å². The van der Waals surface area contributed by atoms with Gasteiger partial charge in [-0.15, -0.1) is 0 Å². The van der Waals surface area contributed by atoms with E-state index in [1.165, 1.54) is 0 Å². The van der Waals surface area contributed by atoms with Crippen LogP contribution in [0.5, 0.6) is 11.5 Å². The Morgan fingerprint density at radius 3 is 2.43 bits per heavy atom. The van der Waals surface area contributed by atoms with Crippen LogP contribution in [0.15, 0.2) is 48.7 Å². The van der Waals surface area contributed by atoms with Gasteiger partial charge in [0.05, 0.1) is 6.61 Å². The van der Waals surface area contributed by atoms with Crippen molar-refractivity contribution in [2.75, 3.05) is 24.7 Å². The molecule has 3 N–H and O–H groups in total. The van der Waals surface area contributed by atoms with Crippen LogP contribution in [0.25, 0.3) is 0 Å². The van der Waals surface area contributed by atoms with E-state index in [0.29, 0.717) is 19.6 Å². The van der Waals surface area contributed by atoms with Crippen LogP contribution in [0.3, 0.4) is 0 Å². The number of ether oxygens (including phenoxy) is 2.